The van der Waals surface area contributed by atoms with Gasteiger partial charge in [-0.25, -0.2) is 4.79 Å². The highest BCUT2D eigenvalue weighted by Gasteiger charge is 2.07. The quantitative estimate of drug-likeness (QED) is 0.481. The molecule has 1 aromatic carbocycles. The highest BCUT2D eigenvalue weighted by Crippen LogP contribution is 2.01. The molecule has 0 bridgehead atoms. The lowest BCUT2D eigenvalue weighted by molar-refractivity contribution is 0.0500. The topological polar surface area (TPSA) is 89.9 Å². The maximum atomic E-state index is 11.1. The van der Waals surface area contributed by atoms with Crippen molar-refractivity contribution < 1.29 is 27.2 Å². The molecule has 0 aliphatic heterocycles. The van der Waals surface area contributed by atoms with Gasteiger partial charge < -0.3 is 9.47 Å². The van der Waals surface area contributed by atoms with Crippen LogP contribution >= 0.6 is 0 Å². The Balaban J connectivity index is 2.15. The molecule has 1 N–H and O–H groups in total. The Hall–Kier alpha value is -1.60. The van der Waals surface area contributed by atoms with Crippen molar-refractivity contribution in [3.63, 3.8) is 0 Å². The molecular weight excluding hydrogens is 260 g/mol. The Morgan fingerprint density at radius 3 is 2.44 bits per heavy atom. The van der Waals surface area contributed by atoms with Crippen LogP contribution in [0.4, 0.5) is 4.79 Å². The monoisotopic (exact) mass is 274 g/mol. The van der Waals surface area contributed by atoms with Gasteiger partial charge in [-0.3, -0.25) is 4.55 Å². The third kappa shape index (κ3) is 6.87. The van der Waals surface area contributed by atoms with Gasteiger partial charge in [0.05, 0.1) is 12.4 Å². The molecule has 0 unspecified atom stereocenters. The summed E-state index contributed by atoms with van der Waals surface area (Å²) in [6.07, 6.45) is -0.839. The van der Waals surface area contributed by atoms with Crippen LogP contribution in [0.5, 0.6) is 0 Å². The van der Waals surface area contributed by atoms with E-state index in [0.717, 1.165) is 5.56 Å². The molecule has 0 atom stereocenters. The summed E-state index contributed by atoms with van der Waals surface area (Å²) in [5, 5.41) is 0. The number of hydrogen-bond donors (Lipinski definition) is 1. The summed E-state index contributed by atoms with van der Waals surface area (Å²) < 4.78 is 38.6. The molecular formula is C11H14O6S. The standard InChI is InChI=1S/C11H14O6S/c12-11(16-7-4-8-18(13,14)15)17-9-10-5-2-1-3-6-10/h1-3,5-6H,4,7-9H2,(H,13,14,15). The van der Waals surface area contributed by atoms with Crippen molar-refractivity contribution in [3.05, 3.63) is 35.9 Å². The Morgan fingerprint density at radius 1 is 1.17 bits per heavy atom. The maximum Gasteiger partial charge on any atom is 0.508 e. The largest absolute Gasteiger partial charge is 0.508 e. The van der Waals surface area contributed by atoms with Crippen molar-refractivity contribution >= 4 is 16.3 Å². The first-order chi connectivity index (χ1) is 8.47. The average molecular weight is 274 g/mol. The molecule has 0 aromatic heterocycles. The first-order valence-corrected chi connectivity index (χ1v) is 6.87. The first kappa shape index (κ1) is 14.5. The molecule has 7 heteroatoms. The van der Waals surface area contributed by atoms with Gasteiger partial charge in [0.15, 0.2) is 0 Å². The molecule has 100 valence electrons. The van der Waals surface area contributed by atoms with Gasteiger partial charge in [-0.1, -0.05) is 30.3 Å². The number of carbonyl (C=O) groups is 1. The highest BCUT2D eigenvalue weighted by atomic mass is 32.2. The van der Waals surface area contributed by atoms with Crippen LogP contribution in [0.15, 0.2) is 30.3 Å². The van der Waals surface area contributed by atoms with Crippen molar-refractivity contribution in [2.24, 2.45) is 0 Å². The van der Waals surface area contributed by atoms with Gasteiger partial charge in [-0.05, 0) is 12.0 Å². The second-order valence-electron chi connectivity index (χ2n) is 3.51. The average Bonchev–Trinajstić information content (AvgIpc) is 2.32. The van der Waals surface area contributed by atoms with Crippen molar-refractivity contribution in [2.45, 2.75) is 13.0 Å². The lowest BCUT2D eigenvalue weighted by Crippen LogP contribution is -2.12. The van der Waals surface area contributed by atoms with Gasteiger partial charge in [-0.15, -0.1) is 0 Å². The number of rotatable bonds is 6. The molecule has 0 aliphatic rings. The van der Waals surface area contributed by atoms with Crippen LogP contribution in [-0.4, -0.2) is 31.5 Å². The van der Waals surface area contributed by atoms with Crippen molar-refractivity contribution in [3.8, 4) is 0 Å². The molecule has 6 nitrogen and oxygen atoms in total. The number of hydrogen-bond acceptors (Lipinski definition) is 5. The molecule has 0 heterocycles. The predicted octanol–water partition coefficient (Wildman–Crippen LogP) is 1.62. The van der Waals surface area contributed by atoms with E-state index in [4.69, 9.17) is 9.29 Å². The van der Waals surface area contributed by atoms with E-state index in [2.05, 4.69) is 4.74 Å². The Morgan fingerprint density at radius 2 is 1.83 bits per heavy atom. The SMILES string of the molecule is O=C(OCCCS(=O)(=O)O)OCc1ccccc1. The molecule has 0 spiro atoms. The van der Waals surface area contributed by atoms with Crippen molar-refractivity contribution in [1.82, 2.24) is 0 Å². The van der Waals surface area contributed by atoms with Crippen LogP contribution in [0.2, 0.25) is 0 Å². The van der Waals surface area contributed by atoms with E-state index in [1.165, 1.54) is 0 Å². The fourth-order valence-electron chi connectivity index (χ4n) is 1.15. The minimum absolute atomic E-state index is 0.0271. The summed E-state index contributed by atoms with van der Waals surface area (Å²) in [6.45, 7) is -0.0224. The molecule has 1 aromatic rings. The minimum Gasteiger partial charge on any atom is -0.434 e. The smallest absolute Gasteiger partial charge is 0.434 e. The molecule has 0 saturated carbocycles. The molecule has 0 fully saturated rings. The third-order valence-corrected chi connectivity index (χ3v) is 2.77. The summed E-state index contributed by atoms with van der Waals surface area (Å²) in [7, 11) is -4.01. The number of carbonyl (C=O) groups excluding carboxylic acids is 1. The fraction of sp³-hybridized carbons (Fsp3) is 0.364. The molecule has 18 heavy (non-hydrogen) atoms. The van der Waals surface area contributed by atoms with Gasteiger partial charge >= 0.3 is 6.16 Å². The zero-order chi connectivity index (χ0) is 13.4. The maximum absolute atomic E-state index is 11.1. The van der Waals surface area contributed by atoms with E-state index in [1.807, 2.05) is 18.2 Å². The van der Waals surface area contributed by atoms with Gasteiger partial charge in [0, 0.05) is 0 Å². The normalized spacial score (nSPS) is 10.9. The zero-order valence-electron chi connectivity index (χ0n) is 9.61. The van der Waals surface area contributed by atoms with Gasteiger partial charge in [0.2, 0.25) is 0 Å². The fourth-order valence-corrected chi connectivity index (χ4v) is 1.64. The van der Waals surface area contributed by atoms with Crippen LogP contribution in [0, 0.1) is 0 Å². The Kier molecular flexibility index (Phi) is 5.60. The third-order valence-electron chi connectivity index (χ3n) is 1.97. The summed E-state index contributed by atoms with van der Waals surface area (Å²) in [5.41, 5.74) is 0.826. The Bertz CT molecular complexity index is 468. The Labute approximate surface area is 105 Å². The zero-order valence-corrected chi connectivity index (χ0v) is 10.4. The van der Waals surface area contributed by atoms with Crippen LogP contribution in [0.3, 0.4) is 0 Å². The second-order valence-corrected chi connectivity index (χ2v) is 5.08. The van der Waals surface area contributed by atoms with E-state index < -0.39 is 22.0 Å². The van der Waals surface area contributed by atoms with Crippen LogP contribution < -0.4 is 0 Å². The van der Waals surface area contributed by atoms with E-state index in [9.17, 15) is 13.2 Å². The highest BCUT2D eigenvalue weighted by molar-refractivity contribution is 7.85. The van der Waals surface area contributed by atoms with Crippen LogP contribution in [0.25, 0.3) is 0 Å². The second kappa shape index (κ2) is 6.97. The van der Waals surface area contributed by atoms with E-state index >= 15 is 0 Å². The molecule has 0 amide bonds. The number of benzene rings is 1. The summed E-state index contributed by atoms with van der Waals surface area (Å²) in [6, 6.07) is 9.07. The van der Waals surface area contributed by atoms with E-state index in [0.29, 0.717) is 0 Å². The van der Waals surface area contributed by atoms with E-state index in [1.54, 1.807) is 12.1 Å². The van der Waals surface area contributed by atoms with Crippen molar-refractivity contribution in [2.75, 3.05) is 12.4 Å². The van der Waals surface area contributed by atoms with Gasteiger partial charge in [-0.2, -0.15) is 8.42 Å². The molecule has 0 aliphatic carbocycles. The minimum atomic E-state index is -4.01. The van der Waals surface area contributed by atoms with E-state index in [-0.39, 0.29) is 19.6 Å². The molecule has 0 saturated heterocycles. The van der Waals surface area contributed by atoms with Gasteiger partial charge in [0.25, 0.3) is 10.1 Å². The number of ether oxygens (including phenoxy) is 2. The molecule has 1 rings (SSSR count). The molecule has 0 radical (unpaired) electrons. The summed E-state index contributed by atoms with van der Waals surface area (Å²) in [4.78, 5) is 11.1. The summed E-state index contributed by atoms with van der Waals surface area (Å²) >= 11 is 0. The summed E-state index contributed by atoms with van der Waals surface area (Å²) in [5.74, 6) is -0.445. The lowest BCUT2D eigenvalue weighted by atomic mass is 10.2. The lowest BCUT2D eigenvalue weighted by Gasteiger charge is -2.05. The van der Waals surface area contributed by atoms with Gasteiger partial charge in [0.1, 0.15) is 6.61 Å². The van der Waals surface area contributed by atoms with Crippen LogP contribution in [-0.2, 0) is 26.2 Å². The predicted molar refractivity (Wildman–Crippen MR) is 63.6 cm³/mol. The first-order valence-electron chi connectivity index (χ1n) is 5.26. The van der Waals surface area contributed by atoms with Crippen LogP contribution in [0.1, 0.15) is 12.0 Å². The van der Waals surface area contributed by atoms with Crippen molar-refractivity contribution in [1.29, 1.82) is 0 Å².